The SMILES string of the molecule is CC[C@]1(C)C[C@@H](OC(=O)COc2ccc3c(c2F)B(O)OC3)[C@@]2(C)C[C@](CCC(C)=O)(CC[C@H]2C)[C@@H](C)[C@@H]1O. The van der Waals surface area contributed by atoms with Gasteiger partial charge in [-0.1, -0.05) is 40.7 Å². The van der Waals surface area contributed by atoms with E-state index in [1.54, 1.807) is 13.0 Å². The molecule has 0 saturated heterocycles. The fraction of sp³-hybridized carbons (Fsp3) is 0.733. The van der Waals surface area contributed by atoms with Gasteiger partial charge in [-0.3, -0.25) is 0 Å². The van der Waals surface area contributed by atoms with Crippen molar-refractivity contribution in [1.29, 1.82) is 0 Å². The molecule has 1 heterocycles. The summed E-state index contributed by atoms with van der Waals surface area (Å²) in [5.41, 5.74) is -0.513. The van der Waals surface area contributed by atoms with E-state index in [1.165, 1.54) is 6.07 Å². The third-order valence-electron chi connectivity index (χ3n) is 10.8. The van der Waals surface area contributed by atoms with E-state index in [1.807, 2.05) is 0 Å². The van der Waals surface area contributed by atoms with Crippen LogP contribution in [0, 0.1) is 33.9 Å². The van der Waals surface area contributed by atoms with Crippen molar-refractivity contribution in [2.24, 2.45) is 28.1 Å². The average molecular weight is 546 g/mol. The molecule has 216 valence electrons. The van der Waals surface area contributed by atoms with E-state index in [0.29, 0.717) is 31.2 Å². The second-order valence-electron chi connectivity index (χ2n) is 13.0. The van der Waals surface area contributed by atoms with Gasteiger partial charge in [0.1, 0.15) is 11.9 Å². The van der Waals surface area contributed by atoms with Crippen molar-refractivity contribution in [3.63, 3.8) is 0 Å². The molecule has 7 atom stereocenters. The predicted octanol–water partition coefficient (Wildman–Crippen LogP) is 4.33. The van der Waals surface area contributed by atoms with Gasteiger partial charge in [0, 0.05) is 17.3 Å². The summed E-state index contributed by atoms with van der Waals surface area (Å²) >= 11 is 0. The van der Waals surface area contributed by atoms with Gasteiger partial charge in [0.05, 0.1) is 12.7 Å². The summed E-state index contributed by atoms with van der Waals surface area (Å²) < 4.78 is 31.7. The highest BCUT2D eigenvalue weighted by Crippen LogP contribution is 2.62. The van der Waals surface area contributed by atoms with Gasteiger partial charge in [0.2, 0.25) is 0 Å². The lowest BCUT2D eigenvalue weighted by Gasteiger charge is -2.60. The van der Waals surface area contributed by atoms with E-state index in [-0.39, 0.29) is 46.3 Å². The van der Waals surface area contributed by atoms with Gasteiger partial charge >= 0.3 is 13.1 Å². The number of carbonyl (C=O) groups excluding carboxylic acids is 2. The van der Waals surface area contributed by atoms with E-state index in [9.17, 15) is 24.1 Å². The van der Waals surface area contributed by atoms with E-state index >= 15 is 0 Å². The summed E-state index contributed by atoms with van der Waals surface area (Å²) in [6, 6.07) is 3.04. The fourth-order valence-corrected chi connectivity index (χ4v) is 7.49. The molecule has 1 aliphatic heterocycles. The lowest BCUT2D eigenvalue weighted by atomic mass is 9.47. The molecule has 7 nitrogen and oxygen atoms in total. The molecule has 0 radical (unpaired) electrons. The summed E-state index contributed by atoms with van der Waals surface area (Å²) in [6.07, 6.45) is 3.89. The molecule has 1 aromatic rings. The summed E-state index contributed by atoms with van der Waals surface area (Å²) in [4.78, 5) is 25.2. The quantitative estimate of drug-likeness (QED) is 0.370. The molecule has 1 aromatic carbocycles. The number of esters is 1. The van der Waals surface area contributed by atoms with Crippen molar-refractivity contribution < 1.29 is 38.2 Å². The van der Waals surface area contributed by atoms with Crippen molar-refractivity contribution in [3.05, 3.63) is 23.5 Å². The molecular formula is C30H44BFO7. The first-order valence-corrected chi connectivity index (χ1v) is 14.4. The Morgan fingerprint density at radius 1 is 1.26 bits per heavy atom. The highest BCUT2D eigenvalue weighted by atomic mass is 19.1. The number of halogens is 1. The number of carbonyl (C=O) groups is 2. The van der Waals surface area contributed by atoms with Crippen LogP contribution in [0.5, 0.6) is 5.75 Å². The third kappa shape index (κ3) is 5.51. The number of benzene rings is 1. The van der Waals surface area contributed by atoms with Crippen molar-refractivity contribution in [3.8, 4) is 5.75 Å². The van der Waals surface area contributed by atoms with Crippen LogP contribution in [-0.4, -0.2) is 47.8 Å². The van der Waals surface area contributed by atoms with Crippen LogP contribution in [-0.2, 0) is 25.6 Å². The van der Waals surface area contributed by atoms with E-state index in [2.05, 4.69) is 34.6 Å². The topological polar surface area (TPSA) is 102 Å². The third-order valence-corrected chi connectivity index (χ3v) is 10.8. The molecule has 0 aromatic heterocycles. The van der Waals surface area contributed by atoms with E-state index in [0.717, 1.165) is 19.3 Å². The first-order valence-electron chi connectivity index (χ1n) is 14.4. The highest BCUT2D eigenvalue weighted by molar-refractivity contribution is 6.61. The number of ketones is 1. The fourth-order valence-electron chi connectivity index (χ4n) is 7.49. The molecule has 2 saturated carbocycles. The zero-order chi connectivity index (χ0) is 28.8. The first kappa shape index (κ1) is 30.0. The largest absolute Gasteiger partial charge is 0.494 e. The Balaban J connectivity index is 1.59. The Bertz CT molecular complexity index is 1100. The zero-order valence-electron chi connectivity index (χ0n) is 24.2. The number of ether oxygens (including phenoxy) is 2. The van der Waals surface area contributed by atoms with E-state index in [4.69, 9.17) is 14.1 Å². The summed E-state index contributed by atoms with van der Waals surface area (Å²) in [5.74, 6) is -1.08. The molecule has 4 rings (SSSR count). The van der Waals surface area contributed by atoms with Crippen LogP contribution in [0.25, 0.3) is 0 Å². The summed E-state index contributed by atoms with van der Waals surface area (Å²) in [7, 11) is -1.36. The monoisotopic (exact) mass is 546 g/mol. The number of rotatable bonds is 8. The van der Waals surface area contributed by atoms with Crippen LogP contribution in [0.3, 0.4) is 0 Å². The molecule has 2 fully saturated rings. The Morgan fingerprint density at radius 3 is 2.64 bits per heavy atom. The predicted molar refractivity (Wildman–Crippen MR) is 146 cm³/mol. The standard InChI is InChI=1S/C30H44BFO7/c1-7-28(5)14-23(39-24(34)16-37-22-9-8-21-15-38-31(36)25(21)26(22)32)29(6)17-30(12-10-18(29)2,13-11-19(3)33)20(4)27(28)35/h8-9,18,20,23,27,35-36H,7,10-17H2,1-6H3/t18-,20+,23-,27+,28-,29+,30-/m1/s1. The molecule has 0 unspecified atom stereocenters. The van der Waals surface area contributed by atoms with Gasteiger partial charge in [0.15, 0.2) is 18.2 Å². The molecular weight excluding hydrogens is 502 g/mol. The van der Waals surface area contributed by atoms with Crippen molar-refractivity contribution in [2.45, 2.75) is 105 Å². The lowest BCUT2D eigenvalue weighted by Crippen LogP contribution is -2.58. The molecule has 0 amide bonds. The number of hydrogen-bond acceptors (Lipinski definition) is 7. The molecule has 39 heavy (non-hydrogen) atoms. The van der Waals surface area contributed by atoms with Gasteiger partial charge < -0.3 is 29.1 Å². The second kappa shape index (κ2) is 11.1. The molecule has 2 aliphatic carbocycles. The normalized spacial score (nSPS) is 36.1. The Labute approximate surface area is 231 Å². The number of Topliss-reactive ketones (excluding diaryl/α,β-unsaturated/α-hetero) is 1. The maximum absolute atomic E-state index is 14.9. The molecule has 2 N–H and O–H groups in total. The Hall–Kier alpha value is -1.97. The second-order valence-corrected chi connectivity index (χ2v) is 13.0. The summed E-state index contributed by atoms with van der Waals surface area (Å²) in [6.45, 7) is 11.9. The van der Waals surface area contributed by atoms with Gasteiger partial charge in [-0.05, 0) is 79.7 Å². The van der Waals surface area contributed by atoms with Crippen LogP contribution in [0.4, 0.5) is 4.39 Å². The van der Waals surface area contributed by atoms with Gasteiger partial charge in [-0.15, -0.1) is 0 Å². The molecule has 2 bridgehead atoms. The minimum Gasteiger partial charge on any atom is -0.479 e. The summed E-state index contributed by atoms with van der Waals surface area (Å²) in [5, 5.41) is 21.6. The van der Waals surface area contributed by atoms with Gasteiger partial charge in [0.25, 0.3) is 0 Å². The smallest absolute Gasteiger partial charge is 0.479 e. The van der Waals surface area contributed by atoms with Gasteiger partial charge in [-0.2, -0.15) is 0 Å². The lowest BCUT2D eigenvalue weighted by molar-refractivity contribution is -0.196. The Kier molecular flexibility index (Phi) is 8.56. The average Bonchev–Trinajstić information content (AvgIpc) is 3.28. The van der Waals surface area contributed by atoms with Crippen molar-refractivity contribution >= 4 is 24.3 Å². The van der Waals surface area contributed by atoms with Crippen LogP contribution < -0.4 is 10.2 Å². The van der Waals surface area contributed by atoms with Crippen molar-refractivity contribution in [2.75, 3.05) is 6.61 Å². The van der Waals surface area contributed by atoms with Crippen LogP contribution in [0.1, 0.15) is 92.1 Å². The minimum absolute atomic E-state index is 0.00396. The Morgan fingerprint density at radius 2 is 1.97 bits per heavy atom. The molecule has 3 aliphatic rings. The number of fused-ring (bicyclic) bond motifs is 3. The minimum atomic E-state index is -1.36. The number of hydrogen-bond donors (Lipinski definition) is 2. The molecule has 9 heteroatoms. The maximum Gasteiger partial charge on any atom is 0.494 e. The number of aliphatic hydroxyl groups excluding tert-OH is 1. The zero-order valence-corrected chi connectivity index (χ0v) is 24.2. The van der Waals surface area contributed by atoms with Crippen LogP contribution in [0.15, 0.2) is 12.1 Å². The van der Waals surface area contributed by atoms with Crippen molar-refractivity contribution in [1.82, 2.24) is 0 Å². The number of aliphatic hydroxyl groups is 1. The van der Waals surface area contributed by atoms with Crippen LogP contribution in [0.2, 0.25) is 0 Å². The van der Waals surface area contributed by atoms with E-state index < -0.39 is 43.1 Å². The first-order chi connectivity index (χ1) is 18.3. The molecule has 0 spiro atoms. The van der Waals surface area contributed by atoms with Gasteiger partial charge in [-0.25, -0.2) is 9.18 Å². The maximum atomic E-state index is 14.9. The van der Waals surface area contributed by atoms with Crippen LogP contribution >= 0.6 is 0 Å². The highest BCUT2D eigenvalue weighted by Gasteiger charge is 2.59.